The number of aliphatic hydroxyl groups is 2. The number of hydrogen-bond donors (Lipinski definition) is 3. The van der Waals surface area contributed by atoms with Crippen LogP contribution in [-0.2, 0) is 0 Å². The van der Waals surface area contributed by atoms with Crippen molar-refractivity contribution in [3.63, 3.8) is 0 Å². The van der Waals surface area contributed by atoms with Crippen LogP contribution in [0, 0.1) is 11.1 Å². The molecular weight excluding hydrogens is 374 g/mol. The molecule has 2 atom stereocenters. The van der Waals surface area contributed by atoms with Crippen LogP contribution in [0.2, 0.25) is 0 Å². The zero-order valence-corrected chi connectivity index (χ0v) is 20.5. The molecule has 0 spiro atoms. The average Bonchev–Trinajstić information content (AvgIpc) is 2.70. The maximum Gasteiger partial charge on any atom is 0.202 e. The fraction of sp³-hybridized carbons (Fsp3) is 1.00. The summed E-state index contributed by atoms with van der Waals surface area (Å²) in [5.41, 5.74) is 0. The summed E-state index contributed by atoms with van der Waals surface area (Å²) >= 11 is 0. The molecule has 4 nitrogen and oxygen atoms in total. The molecule has 0 saturated heterocycles. The second-order valence-electron chi connectivity index (χ2n) is 9.53. The lowest BCUT2D eigenvalue weighted by atomic mass is 9.93. The molecule has 0 aliphatic carbocycles. The minimum atomic E-state index is -1.49. The van der Waals surface area contributed by atoms with Crippen molar-refractivity contribution >= 4 is 0 Å². The van der Waals surface area contributed by atoms with Gasteiger partial charge in [0.25, 0.3) is 0 Å². The van der Waals surface area contributed by atoms with Gasteiger partial charge in [0, 0.05) is 5.92 Å². The highest BCUT2D eigenvalue weighted by Gasteiger charge is 2.14. The van der Waals surface area contributed by atoms with Crippen LogP contribution in [0.25, 0.3) is 0 Å². The second kappa shape index (κ2) is 23.5. The van der Waals surface area contributed by atoms with E-state index < -0.39 is 6.29 Å². The summed E-state index contributed by atoms with van der Waals surface area (Å²) < 4.78 is 0. The van der Waals surface area contributed by atoms with Gasteiger partial charge in [-0.1, -0.05) is 129 Å². The molecule has 0 rings (SSSR count). The van der Waals surface area contributed by atoms with Gasteiger partial charge in [0.2, 0.25) is 6.29 Å². The summed E-state index contributed by atoms with van der Waals surface area (Å²) in [4.78, 5) is 0. The van der Waals surface area contributed by atoms with Crippen LogP contribution in [0.4, 0.5) is 0 Å². The monoisotopic (exact) mass is 429 g/mol. The molecule has 0 aliphatic heterocycles. The molecule has 0 heterocycles. The molecule has 0 bridgehead atoms. The zero-order chi connectivity index (χ0) is 22.3. The van der Waals surface area contributed by atoms with Gasteiger partial charge in [-0.3, -0.25) is 0 Å². The predicted molar refractivity (Wildman–Crippen MR) is 129 cm³/mol. The van der Waals surface area contributed by atoms with Crippen LogP contribution < -0.4 is 5.06 Å². The molecular formula is C26H55NO3. The van der Waals surface area contributed by atoms with E-state index in [1.807, 2.05) is 0 Å². The fourth-order valence-electron chi connectivity index (χ4n) is 4.44. The van der Waals surface area contributed by atoms with E-state index in [1.165, 1.54) is 116 Å². The standard InChI is InChI=1S/C26H55NO3/c1-3-5-7-9-11-13-14-16-18-20-22-25(23-27(30)24-26(28)29)21-19-17-15-12-10-8-6-4-2/h25-29H,3-24H2,1-2H3. The Morgan fingerprint density at radius 3 is 1.20 bits per heavy atom. The van der Waals surface area contributed by atoms with Crippen molar-refractivity contribution in [2.75, 3.05) is 13.1 Å². The van der Waals surface area contributed by atoms with Crippen LogP contribution in [0.3, 0.4) is 0 Å². The van der Waals surface area contributed by atoms with Crippen LogP contribution in [-0.4, -0.2) is 29.6 Å². The van der Waals surface area contributed by atoms with Gasteiger partial charge in [-0.15, -0.1) is 0 Å². The Hall–Kier alpha value is -0.160. The summed E-state index contributed by atoms with van der Waals surface area (Å²) in [7, 11) is 0. The van der Waals surface area contributed by atoms with E-state index in [4.69, 9.17) is 10.2 Å². The first-order valence-corrected chi connectivity index (χ1v) is 13.5. The number of nitrogens with one attached hydrogen (secondary N) is 1. The number of hydroxylamine groups is 2. The zero-order valence-electron chi connectivity index (χ0n) is 20.5. The lowest BCUT2D eigenvalue weighted by Crippen LogP contribution is -3.09. The van der Waals surface area contributed by atoms with E-state index in [1.54, 1.807) is 0 Å². The van der Waals surface area contributed by atoms with Crippen molar-refractivity contribution in [3.8, 4) is 0 Å². The Kier molecular flexibility index (Phi) is 23.4. The van der Waals surface area contributed by atoms with Crippen LogP contribution in [0.15, 0.2) is 0 Å². The first-order valence-electron chi connectivity index (χ1n) is 13.5. The Morgan fingerprint density at radius 2 is 0.867 bits per heavy atom. The largest absolute Gasteiger partial charge is 0.634 e. The quantitative estimate of drug-likeness (QED) is 0.0981. The number of unbranched alkanes of at least 4 members (excludes halogenated alkanes) is 16. The molecule has 0 radical (unpaired) electrons. The van der Waals surface area contributed by atoms with Gasteiger partial charge in [-0.05, 0) is 12.8 Å². The normalized spacial score (nSPS) is 13.8. The molecule has 0 fully saturated rings. The molecule has 182 valence electrons. The highest BCUT2D eigenvalue weighted by molar-refractivity contribution is 4.60. The average molecular weight is 430 g/mol. The van der Waals surface area contributed by atoms with Crippen molar-refractivity contribution in [1.82, 2.24) is 0 Å². The van der Waals surface area contributed by atoms with Crippen LogP contribution >= 0.6 is 0 Å². The van der Waals surface area contributed by atoms with E-state index in [0.29, 0.717) is 12.5 Å². The topological polar surface area (TPSA) is 68.0 Å². The minimum Gasteiger partial charge on any atom is -0.634 e. The Morgan fingerprint density at radius 1 is 0.533 bits per heavy atom. The van der Waals surface area contributed by atoms with Crippen molar-refractivity contribution in [3.05, 3.63) is 5.21 Å². The summed E-state index contributed by atoms with van der Waals surface area (Å²) in [5.74, 6) is 0.436. The van der Waals surface area contributed by atoms with Crippen LogP contribution in [0.1, 0.15) is 142 Å². The van der Waals surface area contributed by atoms with Crippen LogP contribution in [0.5, 0.6) is 0 Å². The van der Waals surface area contributed by atoms with Crippen molar-refractivity contribution in [1.29, 1.82) is 0 Å². The lowest BCUT2D eigenvalue weighted by Gasteiger charge is -2.28. The number of hydrogen-bond acceptors (Lipinski definition) is 3. The molecule has 0 saturated carbocycles. The Balaban J connectivity index is 3.88. The molecule has 0 amide bonds. The summed E-state index contributed by atoms with van der Waals surface area (Å²) in [5, 5.41) is 30.2. The third kappa shape index (κ3) is 22.5. The van der Waals surface area contributed by atoms with Gasteiger partial charge in [0.15, 0.2) is 0 Å². The second-order valence-corrected chi connectivity index (χ2v) is 9.53. The molecule has 0 aromatic carbocycles. The van der Waals surface area contributed by atoms with Gasteiger partial charge in [0.1, 0.15) is 6.54 Å². The van der Waals surface area contributed by atoms with Gasteiger partial charge >= 0.3 is 0 Å². The molecule has 0 aliphatic rings. The third-order valence-electron chi connectivity index (χ3n) is 6.36. The van der Waals surface area contributed by atoms with E-state index in [-0.39, 0.29) is 11.6 Å². The van der Waals surface area contributed by atoms with Crippen molar-refractivity contribution < 1.29 is 15.3 Å². The van der Waals surface area contributed by atoms with Crippen molar-refractivity contribution in [2.45, 2.75) is 149 Å². The number of quaternary nitrogens is 1. The van der Waals surface area contributed by atoms with E-state index >= 15 is 0 Å². The first-order chi connectivity index (χ1) is 14.6. The van der Waals surface area contributed by atoms with E-state index in [9.17, 15) is 5.21 Å². The van der Waals surface area contributed by atoms with E-state index in [2.05, 4.69) is 13.8 Å². The molecule has 0 aromatic rings. The number of rotatable bonds is 24. The SMILES string of the molecule is CCCCCCCCCCCCC(CCCCCCCCCC)C[NH+]([O-])CC(O)O. The highest BCUT2D eigenvalue weighted by Crippen LogP contribution is 2.19. The molecule has 4 heteroatoms. The maximum absolute atomic E-state index is 12.1. The number of aliphatic hydroxyl groups excluding tert-OH is 1. The van der Waals surface area contributed by atoms with Gasteiger partial charge in [-0.2, -0.15) is 0 Å². The first kappa shape index (κ1) is 29.8. The molecule has 3 N–H and O–H groups in total. The predicted octanol–water partition coefficient (Wildman–Crippen LogP) is 6.14. The minimum absolute atomic E-state index is 0.0154. The van der Waals surface area contributed by atoms with Crippen molar-refractivity contribution in [2.24, 2.45) is 5.92 Å². The highest BCUT2D eigenvalue weighted by atomic mass is 16.5. The van der Waals surface area contributed by atoms with Gasteiger partial charge in [-0.25, -0.2) is 0 Å². The Bertz CT molecular complexity index is 325. The third-order valence-corrected chi connectivity index (χ3v) is 6.36. The summed E-state index contributed by atoms with van der Waals surface area (Å²) in [6.45, 7) is 4.95. The summed E-state index contributed by atoms with van der Waals surface area (Å²) in [6.07, 6.45) is 24.7. The summed E-state index contributed by atoms with van der Waals surface area (Å²) in [6, 6.07) is 0. The van der Waals surface area contributed by atoms with E-state index in [0.717, 1.165) is 12.8 Å². The van der Waals surface area contributed by atoms with Gasteiger partial charge in [0.05, 0.1) is 6.54 Å². The maximum atomic E-state index is 12.1. The van der Waals surface area contributed by atoms with Gasteiger partial charge < -0.3 is 20.5 Å². The molecule has 0 aromatic heterocycles. The fourth-order valence-corrected chi connectivity index (χ4v) is 4.44. The molecule has 30 heavy (non-hydrogen) atoms. The smallest absolute Gasteiger partial charge is 0.202 e. The molecule has 2 unspecified atom stereocenters. The Labute approximate surface area is 188 Å². The lowest BCUT2D eigenvalue weighted by molar-refractivity contribution is -0.858.